The SMILES string of the molecule is Cc1cc(N=C(N)Nc2ccc(SNCCN3CCCC3)cc2)c(N)cc1Br. The lowest BCUT2D eigenvalue weighted by Gasteiger charge is -2.14. The Morgan fingerprint density at radius 1 is 1.21 bits per heavy atom. The van der Waals surface area contributed by atoms with Crippen LogP contribution in [0.2, 0.25) is 0 Å². The van der Waals surface area contributed by atoms with Crippen LogP contribution in [0.25, 0.3) is 0 Å². The maximum Gasteiger partial charge on any atom is 0.198 e. The Labute approximate surface area is 179 Å². The first-order valence-corrected chi connectivity index (χ1v) is 11.0. The summed E-state index contributed by atoms with van der Waals surface area (Å²) in [5.74, 6) is 0.303. The van der Waals surface area contributed by atoms with Gasteiger partial charge < -0.3 is 21.7 Å². The predicted octanol–water partition coefficient (Wildman–Crippen LogP) is 4.09. The highest BCUT2D eigenvalue weighted by atomic mass is 79.9. The molecule has 0 amide bonds. The summed E-state index contributed by atoms with van der Waals surface area (Å²) in [6.45, 7) is 6.56. The van der Waals surface area contributed by atoms with Crippen molar-refractivity contribution in [2.75, 3.05) is 37.2 Å². The molecule has 0 aromatic heterocycles. The number of likely N-dealkylation sites (tertiary alicyclic amines) is 1. The number of halogens is 1. The summed E-state index contributed by atoms with van der Waals surface area (Å²) in [4.78, 5) is 8.06. The van der Waals surface area contributed by atoms with E-state index in [9.17, 15) is 0 Å². The molecule has 2 aromatic rings. The number of aryl methyl sites for hydroxylation is 1. The van der Waals surface area contributed by atoms with Crippen LogP contribution >= 0.6 is 27.9 Å². The molecule has 6 nitrogen and oxygen atoms in total. The summed E-state index contributed by atoms with van der Waals surface area (Å²) in [6.07, 6.45) is 2.67. The Morgan fingerprint density at radius 2 is 1.93 bits per heavy atom. The number of aliphatic imine (C=N–C) groups is 1. The molecule has 3 rings (SSSR count). The highest BCUT2D eigenvalue weighted by Crippen LogP contribution is 2.29. The number of hydrogen-bond donors (Lipinski definition) is 4. The topological polar surface area (TPSA) is 91.7 Å². The van der Waals surface area contributed by atoms with Gasteiger partial charge in [-0.1, -0.05) is 15.9 Å². The van der Waals surface area contributed by atoms with E-state index in [-0.39, 0.29) is 0 Å². The number of benzene rings is 2. The third-order valence-electron chi connectivity index (χ3n) is 4.59. The minimum atomic E-state index is 0.303. The van der Waals surface area contributed by atoms with Crippen LogP contribution in [0.1, 0.15) is 18.4 Å². The average Bonchev–Trinajstić information content (AvgIpc) is 3.18. The number of hydrogen-bond acceptors (Lipinski definition) is 5. The van der Waals surface area contributed by atoms with Crippen LogP contribution < -0.4 is 21.5 Å². The van der Waals surface area contributed by atoms with Crippen molar-refractivity contribution < 1.29 is 0 Å². The molecule has 0 radical (unpaired) electrons. The summed E-state index contributed by atoms with van der Waals surface area (Å²) >= 11 is 5.11. The van der Waals surface area contributed by atoms with E-state index < -0.39 is 0 Å². The highest BCUT2D eigenvalue weighted by molar-refractivity contribution is 9.10. The van der Waals surface area contributed by atoms with Crippen LogP contribution in [-0.4, -0.2) is 37.0 Å². The number of nitrogen functional groups attached to an aromatic ring is 1. The van der Waals surface area contributed by atoms with E-state index in [4.69, 9.17) is 11.5 Å². The van der Waals surface area contributed by atoms with Crippen molar-refractivity contribution in [3.05, 3.63) is 46.4 Å². The fourth-order valence-electron chi connectivity index (χ4n) is 3.03. The van der Waals surface area contributed by atoms with Gasteiger partial charge in [-0.3, -0.25) is 4.72 Å². The minimum absolute atomic E-state index is 0.303. The molecule has 150 valence electrons. The van der Waals surface area contributed by atoms with Gasteiger partial charge in [-0.15, -0.1) is 0 Å². The second kappa shape index (κ2) is 10.2. The first kappa shape index (κ1) is 21.0. The van der Waals surface area contributed by atoms with Crippen molar-refractivity contribution in [2.24, 2.45) is 10.7 Å². The van der Waals surface area contributed by atoms with E-state index in [0.29, 0.717) is 17.3 Å². The van der Waals surface area contributed by atoms with Gasteiger partial charge >= 0.3 is 0 Å². The third kappa shape index (κ3) is 6.13. The summed E-state index contributed by atoms with van der Waals surface area (Å²) < 4.78 is 4.38. The van der Waals surface area contributed by atoms with Gasteiger partial charge in [-0.05, 0) is 86.8 Å². The minimum Gasteiger partial charge on any atom is -0.397 e. The Hall–Kier alpha value is -1.74. The molecule has 1 fully saturated rings. The quantitative estimate of drug-likeness (QED) is 0.163. The van der Waals surface area contributed by atoms with E-state index in [0.717, 1.165) is 33.7 Å². The van der Waals surface area contributed by atoms with Crippen molar-refractivity contribution in [3.8, 4) is 0 Å². The van der Waals surface area contributed by atoms with Crippen LogP contribution in [0.5, 0.6) is 0 Å². The first-order valence-electron chi connectivity index (χ1n) is 9.40. The average molecular weight is 463 g/mol. The molecule has 6 N–H and O–H groups in total. The molecule has 2 aromatic carbocycles. The first-order chi connectivity index (χ1) is 13.5. The standard InChI is InChI=1S/C20H27BrN6S/c1-14-12-19(18(22)13-17(14)21)26-20(23)25-15-4-6-16(7-5-15)28-24-8-11-27-9-2-3-10-27/h4-7,12-13,24H,2-3,8-11,22H2,1H3,(H3,23,25,26). The van der Waals surface area contributed by atoms with E-state index in [1.807, 2.05) is 31.2 Å². The number of nitrogens with two attached hydrogens (primary N) is 2. The van der Waals surface area contributed by atoms with Gasteiger partial charge in [0.1, 0.15) is 0 Å². The smallest absolute Gasteiger partial charge is 0.198 e. The molecular weight excluding hydrogens is 436 g/mol. The molecule has 1 saturated heterocycles. The van der Waals surface area contributed by atoms with Gasteiger partial charge in [0.05, 0.1) is 11.4 Å². The van der Waals surface area contributed by atoms with Crippen LogP contribution in [0, 0.1) is 6.92 Å². The van der Waals surface area contributed by atoms with Crippen LogP contribution in [-0.2, 0) is 0 Å². The molecule has 28 heavy (non-hydrogen) atoms. The normalized spacial score (nSPS) is 15.1. The van der Waals surface area contributed by atoms with Crippen molar-refractivity contribution >= 4 is 50.9 Å². The molecule has 8 heteroatoms. The van der Waals surface area contributed by atoms with Gasteiger partial charge in [0.2, 0.25) is 0 Å². The van der Waals surface area contributed by atoms with Gasteiger partial charge in [0.25, 0.3) is 0 Å². The number of nitrogens with one attached hydrogen (secondary N) is 2. The lowest BCUT2D eigenvalue weighted by molar-refractivity contribution is 0.345. The maximum absolute atomic E-state index is 6.04. The molecular formula is C20H27BrN6S. The van der Waals surface area contributed by atoms with E-state index in [1.165, 1.54) is 25.9 Å². The second-order valence-corrected chi connectivity index (χ2v) is 8.67. The largest absolute Gasteiger partial charge is 0.397 e. The zero-order valence-corrected chi connectivity index (χ0v) is 18.4. The number of nitrogens with zero attached hydrogens (tertiary/aromatic N) is 2. The van der Waals surface area contributed by atoms with Crippen LogP contribution in [0.3, 0.4) is 0 Å². The molecule has 0 bridgehead atoms. The van der Waals surface area contributed by atoms with Crippen molar-refractivity contribution in [1.29, 1.82) is 0 Å². The molecule has 1 aliphatic rings. The summed E-state index contributed by atoms with van der Waals surface area (Å²) in [6, 6.07) is 11.8. The van der Waals surface area contributed by atoms with Gasteiger partial charge in [0, 0.05) is 28.1 Å². The van der Waals surface area contributed by atoms with E-state index >= 15 is 0 Å². The number of rotatable bonds is 7. The lowest BCUT2D eigenvalue weighted by atomic mass is 10.2. The van der Waals surface area contributed by atoms with Gasteiger partial charge in [-0.25, -0.2) is 4.99 Å². The molecule has 1 aliphatic heterocycles. The zero-order chi connectivity index (χ0) is 19.9. The van der Waals surface area contributed by atoms with E-state index in [1.54, 1.807) is 11.9 Å². The highest BCUT2D eigenvalue weighted by Gasteiger charge is 2.10. The monoisotopic (exact) mass is 462 g/mol. The number of anilines is 2. The summed E-state index contributed by atoms with van der Waals surface area (Å²) in [5.41, 5.74) is 15.2. The maximum atomic E-state index is 6.04. The Bertz CT molecular complexity index is 818. The lowest BCUT2D eigenvalue weighted by Crippen LogP contribution is -2.27. The molecule has 0 atom stereocenters. The van der Waals surface area contributed by atoms with Crippen LogP contribution in [0.15, 0.2) is 50.8 Å². The van der Waals surface area contributed by atoms with Gasteiger partial charge in [-0.2, -0.15) is 0 Å². The van der Waals surface area contributed by atoms with Gasteiger partial charge in [0.15, 0.2) is 5.96 Å². The van der Waals surface area contributed by atoms with Crippen LogP contribution in [0.4, 0.5) is 17.1 Å². The summed E-state index contributed by atoms with van der Waals surface area (Å²) in [5, 5.41) is 3.11. The van der Waals surface area contributed by atoms with Crippen molar-refractivity contribution in [2.45, 2.75) is 24.7 Å². The Morgan fingerprint density at radius 3 is 2.64 bits per heavy atom. The molecule has 0 unspecified atom stereocenters. The summed E-state index contributed by atoms with van der Waals surface area (Å²) in [7, 11) is 0. The second-order valence-electron chi connectivity index (χ2n) is 6.85. The fourth-order valence-corrected chi connectivity index (χ4v) is 4.03. The number of guanidine groups is 1. The fraction of sp³-hybridized carbons (Fsp3) is 0.350. The van der Waals surface area contributed by atoms with Crippen molar-refractivity contribution in [1.82, 2.24) is 9.62 Å². The van der Waals surface area contributed by atoms with Crippen molar-refractivity contribution in [3.63, 3.8) is 0 Å². The third-order valence-corrected chi connectivity index (χ3v) is 6.31. The molecule has 1 heterocycles. The van der Waals surface area contributed by atoms with E-state index in [2.05, 4.69) is 48.0 Å². The molecule has 0 aliphatic carbocycles. The predicted molar refractivity (Wildman–Crippen MR) is 124 cm³/mol. The molecule has 0 spiro atoms. The Balaban J connectivity index is 1.50. The Kier molecular flexibility index (Phi) is 7.61. The zero-order valence-electron chi connectivity index (χ0n) is 16.0. The molecule has 0 saturated carbocycles.